The summed E-state index contributed by atoms with van der Waals surface area (Å²) in [5.74, 6) is 1.86. The Bertz CT molecular complexity index is 4320. The van der Waals surface area contributed by atoms with Gasteiger partial charge in [0.15, 0.2) is 17.5 Å². The number of para-hydroxylation sites is 2. The molecule has 14 rings (SSSR count). The zero-order valence-corrected chi connectivity index (χ0v) is 37.9. The third kappa shape index (κ3) is 6.56. The molecule has 0 aliphatic heterocycles. The third-order valence-electron chi connectivity index (χ3n) is 13.5. The van der Waals surface area contributed by atoms with Crippen molar-refractivity contribution >= 4 is 75.3 Å². The highest BCUT2D eigenvalue weighted by Gasteiger charge is 2.21. The van der Waals surface area contributed by atoms with Crippen LogP contribution < -0.4 is 0 Å². The molecule has 0 saturated heterocycles. The zero-order chi connectivity index (χ0) is 45.4. The van der Waals surface area contributed by atoms with Crippen LogP contribution in [0.15, 0.2) is 235 Å². The van der Waals surface area contributed by atoms with E-state index in [4.69, 9.17) is 19.4 Å². The fraction of sp³-hybridized carbons (Fsp3) is 0. The van der Waals surface area contributed by atoms with E-state index >= 15 is 0 Å². The predicted molar refractivity (Wildman–Crippen MR) is 287 cm³/mol. The average Bonchev–Trinajstić information content (AvgIpc) is 4.11. The molecule has 322 valence electrons. The van der Waals surface area contributed by atoms with Crippen molar-refractivity contribution < 1.29 is 4.42 Å². The summed E-state index contributed by atoms with van der Waals surface area (Å²) in [6.45, 7) is 0. The molecular weight excluding hydrogens is 861 g/mol. The van der Waals surface area contributed by atoms with Gasteiger partial charge >= 0.3 is 0 Å². The Hall–Kier alpha value is -8.97. The van der Waals surface area contributed by atoms with E-state index in [-0.39, 0.29) is 0 Å². The van der Waals surface area contributed by atoms with Gasteiger partial charge in [-0.05, 0) is 106 Å². The standard InChI is InChI=1S/C63H38N4OS/c1-3-15-39(16-4-1)61-64-62(66-63(65-61)51-27-13-25-49-48-24-8-10-30-58(48)69-60(49)51)50-26-14-29-57-59(50)53-38-45(32-34-56(53)68-57)43-20-12-18-41(36-43)40-17-11-19-42(35-40)44-31-33-55-52(37-44)47-23-7-9-28-54(47)67(55)46-21-5-2-6-22-46/h1-38H. The summed E-state index contributed by atoms with van der Waals surface area (Å²) in [4.78, 5) is 15.6. The summed E-state index contributed by atoms with van der Waals surface area (Å²) in [6.07, 6.45) is 0. The SMILES string of the molecule is c1ccc(-c2nc(-c3cccc4c3sc3ccccc34)nc(-c3cccc4oc5ccc(-c6cccc(-c7cccc(-c8ccc9c(c8)c8ccccc8n9-c8ccccc8)c7)c6)cc5c34)n2)cc1. The number of fused-ring (bicyclic) bond motifs is 9. The van der Waals surface area contributed by atoms with E-state index in [2.05, 4.69) is 205 Å². The minimum atomic E-state index is 0.596. The number of nitrogens with zero attached hydrogens (tertiary/aromatic N) is 4. The van der Waals surface area contributed by atoms with Crippen molar-refractivity contribution in [2.24, 2.45) is 0 Å². The second-order valence-corrected chi connectivity index (χ2v) is 18.6. The molecule has 0 atom stereocenters. The molecule has 0 saturated carbocycles. The number of furan rings is 1. The first-order valence-electron chi connectivity index (χ1n) is 23.2. The van der Waals surface area contributed by atoms with Gasteiger partial charge in [0.2, 0.25) is 0 Å². The van der Waals surface area contributed by atoms with Crippen molar-refractivity contribution in [3.05, 3.63) is 231 Å². The van der Waals surface area contributed by atoms with E-state index < -0.39 is 0 Å². The number of hydrogen-bond donors (Lipinski definition) is 0. The van der Waals surface area contributed by atoms with Crippen LogP contribution in [0.2, 0.25) is 0 Å². The van der Waals surface area contributed by atoms with Gasteiger partial charge in [-0.3, -0.25) is 0 Å². The fourth-order valence-electron chi connectivity index (χ4n) is 10.2. The Morgan fingerprint density at radius 2 is 0.870 bits per heavy atom. The lowest BCUT2D eigenvalue weighted by atomic mass is 9.95. The molecule has 69 heavy (non-hydrogen) atoms. The van der Waals surface area contributed by atoms with Crippen LogP contribution in [0.25, 0.3) is 137 Å². The smallest absolute Gasteiger partial charge is 0.165 e. The Morgan fingerprint density at radius 1 is 0.333 bits per heavy atom. The van der Waals surface area contributed by atoms with Crippen LogP contribution in [-0.4, -0.2) is 19.5 Å². The van der Waals surface area contributed by atoms with Crippen molar-refractivity contribution in [1.29, 1.82) is 0 Å². The van der Waals surface area contributed by atoms with E-state index in [1.807, 2.05) is 30.3 Å². The van der Waals surface area contributed by atoms with Crippen LogP contribution >= 0.6 is 11.3 Å². The molecule has 0 bridgehead atoms. The summed E-state index contributed by atoms with van der Waals surface area (Å²) in [5.41, 5.74) is 14.8. The van der Waals surface area contributed by atoms with E-state index in [1.165, 1.54) is 48.4 Å². The maximum absolute atomic E-state index is 6.58. The minimum Gasteiger partial charge on any atom is -0.456 e. The van der Waals surface area contributed by atoms with Gasteiger partial charge in [0.25, 0.3) is 0 Å². The molecule has 0 aliphatic carbocycles. The molecule has 10 aromatic carbocycles. The van der Waals surface area contributed by atoms with Gasteiger partial charge in [-0.15, -0.1) is 11.3 Å². The Balaban J connectivity index is 0.860. The van der Waals surface area contributed by atoms with Gasteiger partial charge in [0.05, 0.1) is 11.0 Å². The normalized spacial score (nSPS) is 11.8. The van der Waals surface area contributed by atoms with Crippen LogP contribution in [0.3, 0.4) is 0 Å². The third-order valence-corrected chi connectivity index (χ3v) is 14.7. The molecule has 5 nitrogen and oxygen atoms in total. The van der Waals surface area contributed by atoms with Crippen molar-refractivity contribution in [2.75, 3.05) is 0 Å². The van der Waals surface area contributed by atoms with Crippen molar-refractivity contribution in [2.45, 2.75) is 0 Å². The first kappa shape index (κ1) is 39.2. The highest BCUT2D eigenvalue weighted by atomic mass is 32.1. The van der Waals surface area contributed by atoms with Crippen LogP contribution in [-0.2, 0) is 0 Å². The van der Waals surface area contributed by atoms with E-state index in [1.54, 1.807) is 11.3 Å². The monoisotopic (exact) mass is 898 g/mol. The maximum atomic E-state index is 6.58. The topological polar surface area (TPSA) is 56.7 Å². The van der Waals surface area contributed by atoms with Gasteiger partial charge < -0.3 is 8.98 Å². The number of hydrogen-bond acceptors (Lipinski definition) is 5. The predicted octanol–water partition coefficient (Wildman–Crippen LogP) is 17.2. The van der Waals surface area contributed by atoms with Crippen molar-refractivity contribution in [3.8, 4) is 73.2 Å². The van der Waals surface area contributed by atoms with Gasteiger partial charge in [0, 0.05) is 64.1 Å². The Labute approximate surface area is 400 Å². The van der Waals surface area contributed by atoms with E-state index in [0.717, 1.165) is 71.3 Å². The lowest BCUT2D eigenvalue weighted by Gasteiger charge is -2.10. The lowest BCUT2D eigenvalue weighted by Crippen LogP contribution is -2.00. The summed E-state index contributed by atoms with van der Waals surface area (Å²) in [5, 5.41) is 6.89. The van der Waals surface area contributed by atoms with Crippen molar-refractivity contribution in [3.63, 3.8) is 0 Å². The number of benzene rings is 10. The maximum Gasteiger partial charge on any atom is 0.165 e. The Morgan fingerprint density at radius 3 is 1.64 bits per heavy atom. The van der Waals surface area contributed by atoms with Crippen LogP contribution in [0.4, 0.5) is 0 Å². The number of aromatic nitrogens is 4. The molecule has 4 heterocycles. The summed E-state index contributed by atoms with van der Waals surface area (Å²) in [6, 6.07) is 81.7. The first-order chi connectivity index (χ1) is 34.2. The first-order valence-corrected chi connectivity index (χ1v) is 24.0. The molecule has 0 aliphatic rings. The van der Waals surface area contributed by atoms with Crippen LogP contribution in [0, 0.1) is 0 Å². The average molecular weight is 899 g/mol. The quantitative estimate of drug-likeness (QED) is 0.160. The highest BCUT2D eigenvalue weighted by molar-refractivity contribution is 7.26. The van der Waals surface area contributed by atoms with Gasteiger partial charge in [-0.1, -0.05) is 158 Å². The molecule has 0 radical (unpaired) electrons. The molecule has 6 heteroatoms. The number of rotatable bonds is 7. The summed E-state index contributed by atoms with van der Waals surface area (Å²) >= 11 is 1.78. The largest absolute Gasteiger partial charge is 0.456 e. The molecule has 0 unspecified atom stereocenters. The zero-order valence-electron chi connectivity index (χ0n) is 37.0. The summed E-state index contributed by atoms with van der Waals surface area (Å²) < 4.78 is 11.3. The molecular formula is C63H38N4OS. The van der Waals surface area contributed by atoms with Gasteiger partial charge in [0.1, 0.15) is 11.2 Å². The van der Waals surface area contributed by atoms with E-state index in [9.17, 15) is 0 Å². The van der Waals surface area contributed by atoms with Crippen LogP contribution in [0.1, 0.15) is 0 Å². The van der Waals surface area contributed by atoms with E-state index in [0.29, 0.717) is 17.5 Å². The second-order valence-electron chi connectivity index (χ2n) is 17.5. The lowest BCUT2D eigenvalue weighted by molar-refractivity contribution is 0.669. The highest BCUT2D eigenvalue weighted by Crippen LogP contribution is 2.42. The second kappa shape index (κ2) is 15.8. The number of thiophene rings is 1. The molecule has 0 spiro atoms. The van der Waals surface area contributed by atoms with Gasteiger partial charge in [-0.25, -0.2) is 15.0 Å². The molecule has 4 aromatic heterocycles. The molecule has 0 amide bonds. The summed E-state index contributed by atoms with van der Waals surface area (Å²) in [7, 11) is 0. The van der Waals surface area contributed by atoms with Gasteiger partial charge in [-0.2, -0.15) is 0 Å². The molecule has 0 N–H and O–H groups in total. The molecule has 14 aromatic rings. The minimum absolute atomic E-state index is 0.596. The molecule has 0 fully saturated rings. The Kier molecular flexibility index (Phi) is 9.00. The fourth-order valence-corrected chi connectivity index (χ4v) is 11.4. The van der Waals surface area contributed by atoms with Crippen LogP contribution in [0.5, 0.6) is 0 Å². The van der Waals surface area contributed by atoms with Crippen molar-refractivity contribution in [1.82, 2.24) is 19.5 Å².